The summed E-state index contributed by atoms with van der Waals surface area (Å²) in [5, 5.41) is 6.16. The van der Waals surface area contributed by atoms with Gasteiger partial charge in [-0.3, -0.25) is 4.79 Å². The van der Waals surface area contributed by atoms with Gasteiger partial charge in [0.2, 0.25) is 0 Å². The van der Waals surface area contributed by atoms with E-state index in [2.05, 4.69) is 20.6 Å². The van der Waals surface area contributed by atoms with E-state index in [1.165, 1.54) is 6.33 Å². The molecule has 0 aliphatic heterocycles. The normalized spacial score (nSPS) is 10.4. The van der Waals surface area contributed by atoms with E-state index in [4.69, 9.17) is 4.74 Å². The van der Waals surface area contributed by atoms with E-state index in [1.54, 1.807) is 13.2 Å². The maximum absolute atomic E-state index is 12.6. The molecular weight excluding hydrogens is 352 g/mol. The molecule has 0 saturated heterocycles. The standard InChI is InChI=1S/C22H24N4O2/c1-15-6-4-9-19(16(15)2)26-22(27)20-13-21(25-14-24-20)23-11-10-17-7-5-8-18(12-17)28-3/h4-9,12-14H,10-11H2,1-3H3,(H,26,27)(H,23,24,25). The Morgan fingerprint density at radius 3 is 2.71 bits per heavy atom. The van der Waals surface area contributed by atoms with Gasteiger partial charge in [0.15, 0.2) is 0 Å². The molecule has 0 atom stereocenters. The number of amides is 1. The second-order valence-electron chi connectivity index (χ2n) is 6.52. The van der Waals surface area contributed by atoms with Gasteiger partial charge in [0.25, 0.3) is 5.91 Å². The second-order valence-corrected chi connectivity index (χ2v) is 6.52. The van der Waals surface area contributed by atoms with E-state index in [0.29, 0.717) is 18.1 Å². The molecule has 0 fully saturated rings. The number of aryl methyl sites for hydroxylation is 1. The lowest BCUT2D eigenvalue weighted by Crippen LogP contribution is -2.16. The van der Waals surface area contributed by atoms with Crippen molar-refractivity contribution in [3.63, 3.8) is 0 Å². The molecule has 144 valence electrons. The smallest absolute Gasteiger partial charge is 0.274 e. The predicted molar refractivity (Wildman–Crippen MR) is 111 cm³/mol. The Labute approximate surface area is 165 Å². The molecule has 6 heteroatoms. The zero-order chi connectivity index (χ0) is 19.9. The topological polar surface area (TPSA) is 76.1 Å². The van der Waals surface area contributed by atoms with Gasteiger partial charge < -0.3 is 15.4 Å². The molecule has 28 heavy (non-hydrogen) atoms. The summed E-state index contributed by atoms with van der Waals surface area (Å²) in [6, 6.07) is 15.4. The van der Waals surface area contributed by atoms with Crippen molar-refractivity contribution in [2.45, 2.75) is 20.3 Å². The average molecular weight is 376 g/mol. The number of anilines is 2. The van der Waals surface area contributed by atoms with Crippen LogP contribution in [0.3, 0.4) is 0 Å². The number of nitrogens with one attached hydrogen (secondary N) is 2. The quantitative estimate of drug-likeness (QED) is 0.652. The summed E-state index contributed by atoms with van der Waals surface area (Å²) in [4.78, 5) is 20.8. The zero-order valence-electron chi connectivity index (χ0n) is 16.3. The molecule has 0 radical (unpaired) electrons. The van der Waals surface area contributed by atoms with E-state index < -0.39 is 0 Å². The Morgan fingerprint density at radius 1 is 1.07 bits per heavy atom. The number of benzene rings is 2. The minimum absolute atomic E-state index is 0.257. The molecule has 1 heterocycles. The van der Waals surface area contributed by atoms with Crippen molar-refractivity contribution in [2.24, 2.45) is 0 Å². The molecule has 3 rings (SSSR count). The zero-order valence-corrected chi connectivity index (χ0v) is 16.3. The molecule has 1 aromatic heterocycles. The Hall–Kier alpha value is -3.41. The van der Waals surface area contributed by atoms with Gasteiger partial charge in [0.05, 0.1) is 7.11 Å². The molecule has 0 aliphatic carbocycles. The van der Waals surface area contributed by atoms with Crippen molar-refractivity contribution in [2.75, 3.05) is 24.3 Å². The highest BCUT2D eigenvalue weighted by atomic mass is 16.5. The summed E-state index contributed by atoms with van der Waals surface area (Å²) in [6.45, 7) is 4.68. The Balaban J connectivity index is 1.61. The third-order valence-electron chi connectivity index (χ3n) is 4.61. The van der Waals surface area contributed by atoms with Gasteiger partial charge in [0.1, 0.15) is 23.6 Å². The van der Waals surface area contributed by atoms with Gasteiger partial charge >= 0.3 is 0 Å². The fraction of sp³-hybridized carbons (Fsp3) is 0.227. The number of hydrogen-bond donors (Lipinski definition) is 2. The fourth-order valence-electron chi connectivity index (χ4n) is 2.81. The lowest BCUT2D eigenvalue weighted by atomic mass is 10.1. The van der Waals surface area contributed by atoms with Crippen molar-refractivity contribution in [3.8, 4) is 5.75 Å². The first-order chi connectivity index (χ1) is 13.6. The van der Waals surface area contributed by atoms with Crippen LogP contribution in [-0.4, -0.2) is 29.5 Å². The molecule has 6 nitrogen and oxygen atoms in total. The number of nitrogens with zero attached hydrogens (tertiary/aromatic N) is 2. The molecule has 0 bridgehead atoms. The highest BCUT2D eigenvalue weighted by Crippen LogP contribution is 2.19. The number of carbonyl (C=O) groups is 1. The Kier molecular flexibility index (Phi) is 6.22. The number of ether oxygens (including phenoxy) is 1. The van der Waals surface area contributed by atoms with Gasteiger partial charge in [-0.2, -0.15) is 0 Å². The highest BCUT2D eigenvalue weighted by Gasteiger charge is 2.11. The lowest BCUT2D eigenvalue weighted by Gasteiger charge is -2.11. The third kappa shape index (κ3) is 4.85. The lowest BCUT2D eigenvalue weighted by molar-refractivity contribution is 0.102. The summed E-state index contributed by atoms with van der Waals surface area (Å²) in [5.74, 6) is 1.20. The van der Waals surface area contributed by atoms with Crippen LogP contribution in [0.2, 0.25) is 0 Å². The highest BCUT2D eigenvalue weighted by molar-refractivity contribution is 6.03. The van der Waals surface area contributed by atoms with Crippen molar-refractivity contribution >= 4 is 17.4 Å². The van der Waals surface area contributed by atoms with Gasteiger partial charge in [0, 0.05) is 18.3 Å². The van der Waals surface area contributed by atoms with Gasteiger partial charge in [-0.15, -0.1) is 0 Å². The van der Waals surface area contributed by atoms with Crippen LogP contribution in [0.15, 0.2) is 54.9 Å². The number of carbonyl (C=O) groups excluding carboxylic acids is 1. The molecule has 2 aromatic carbocycles. The van der Waals surface area contributed by atoms with Crippen LogP contribution in [0, 0.1) is 13.8 Å². The molecule has 0 saturated carbocycles. The number of hydrogen-bond acceptors (Lipinski definition) is 5. The van der Waals surface area contributed by atoms with Crippen LogP contribution in [0.4, 0.5) is 11.5 Å². The second kappa shape index (κ2) is 8.99. The molecular formula is C22H24N4O2. The van der Waals surface area contributed by atoms with Crippen LogP contribution in [0.1, 0.15) is 27.2 Å². The van der Waals surface area contributed by atoms with E-state index in [0.717, 1.165) is 34.5 Å². The summed E-state index contributed by atoms with van der Waals surface area (Å²) in [6.07, 6.45) is 2.21. The van der Waals surface area contributed by atoms with Crippen LogP contribution in [0.25, 0.3) is 0 Å². The van der Waals surface area contributed by atoms with Gasteiger partial charge in [-0.05, 0) is 55.2 Å². The first-order valence-corrected chi connectivity index (χ1v) is 9.13. The van der Waals surface area contributed by atoms with Gasteiger partial charge in [-0.25, -0.2) is 9.97 Å². The van der Waals surface area contributed by atoms with Gasteiger partial charge in [-0.1, -0.05) is 24.3 Å². The maximum Gasteiger partial charge on any atom is 0.274 e. The van der Waals surface area contributed by atoms with Crippen molar-refractivity contribution in [3.05, 3.63) is 77.2 Å². The van der Waals surface area contributed by atoms with E-state index in [9.17, 15) is 4.79 Å². The average Bonchev–Trinajstić information content (AvgIpc) is 2.72. The van der Waals surface area contributed by atoms with E-state index in [-0.39, 0.29) is 5.91 Å². The molecule has 0 spiro atoms. The molecule has 0 unspecified atom stereocenters. The molecule has 1 amide bonds. The maximum atomic E-state index is 12.6. The largest absolute Gasteiger partial charge is 0.497 e. The predicted octanol–water partition coefficient (Wildman–Crippen LogP) is 4.01. The van der Waals surface area contributed by atoms with E-state index >= 15 is 0 Å². The first kappa shape index (κ1) is 19.4. The van der Waals surface area contributed by atoms with E-state index in [1.807, 2.05) is 56.3 Å². The minimum atomic E-state index is -0.257. The first-order valence-electron chi connectivity index (χ1n) is 9.13. The number of rotatable bonds is 7. The third-order valence-corrected chi connectivity index (χ3v) is 4.61. The van der Waals surface area contributed by atoms with Crippen LogP contribution in [-0.2, 0) is 6.42 Å². The Bertz CT molecular complexity index is 972. The van der Waals surface area contributed by atoms with Crippen LogP contribution >= 0.6 is 0 Å². The summed E-state index contributed by atoms with van der Waals surface area (Å²) >= 11 is 0. The molecule has 0 aliphatic rings. The number of aromatic nitrogens is 2. The Morgan fingerprint density at radius 2 is 1.89 bits per heavy atom. The van der Waals surface area contributed by atoms with Crippen molar-refractivity contribution in [1.82, 2.24) is 9.97 Å². The molecule has 3 aromatic rings. The van der Waals surface area contributed by atoms with Crippen molar-refractivity contribution in [1.29, 1.82) is 0 Å². The van der Waals surface area contributed by atoms with Crippen LogP contribution in [0.5, 0.6) is 5.75 Å². The SMILES string of the molecule is COc1cccc(CCNc2cc(C(=O)Nc3cccc(C)c3C)ncn2)c1. The van der Waals surface area contributed by atoms with Crippen LogP contribution < -0.4 is 15.4 Å². The molecule has 2 N–H and O–H groups in total. The fourth-order valence-corrected chi connectivity index (χ4v) is 2.81. The summed E-state index contributed by atoms with van der Waals surface area (Å²) < 4.78 is 5.24. The summed E-state index contributed by atoms with van der Waals surface area (Å²) in [7, 11) is 1.66. The number of methoxy groups -OCH3 is 1. The summed E-state index contributed by atoms with van der Waals surface area (Å²) in [5.41, 5.74) is 4.44. The van der Waals surface area contributed by atoms with Crippen molar-refractivity contribution < 1.29 is 9.53 Å². The monoisotopic (exact) mass is 376 g/mol. The minimum Gasteiger partial charge on any atom is -0.497 e.